The number of halogens is 1. The SMILES string of the molecule is CCN(c1ccc(Br)cc1)C1CCCCC1. The van der Waals surface area contributed by atoms with E-state index in [1.54, 1.807) is 0 Å². The van der Waals surface area contributed by atoms with Gasteiger partial charge in [-0.15, -0.1) is 0 Å². The standard InChI is InChI=1S/C14H20BrN/c1-2-16(13-6-4-3-5-7-13)14-10-8-12(15)9-11-14/h8-11,13H,2-7H2,1H3. The molecule has 0 spiro atoms. The van der Waals surface area contributed by atoms with Gasteiger partial charge in [0.05, 0.1) is 0 Å². The van der Waals surface area contributed by atoms with E-state index in [0.29, 0.717) is 0 Å². The van der Waals surface area contributed by atoms with Crippen LogP contribution >= 0.6 is 15.9 Å². The lowest BCUT2D eigenvalue weighted by atomic mass is 9.94. The lowest BCUT2D eigenvalue weighted by Crippen LogP contribution is -2.36. The Labute approximate surface area is 107 Å². The Hall–Kier alpha value is -0.500. The van der Waals surface area contributed by atoms with Crippen molar-refractivity contribution in [3.05, 3.63) is 28.7 Å². The van der Waals surface area contributed by atoms with Crippen LogP contribution < -0.4 is 4.90 Å². The number of hydrogen-bond donors (Lipinski definition) is 0. The van der Waals surface area contributed by atoms with Crippen molar-refractivity contribution in [3.8, 4) is 0 Å². The maximum absolute atomic E-state index is 3.49. The fraction of sp³-hybridized carbons (Fsp3) is 0.571. The van der Waals surface area contributed by atoms with Gasteiger partial charge in [-0.3, -0.25) is 0 Å². The Bertz CT molecular complexity index is 314. The summed E-state index contributed by atoms with van der Waals surface area (Å²) in [6.07, 6.45) is 6.96. The molecule has 1 fully saturated rings. The molecule has 0 aliphatic heterocycles. The molecule has 1 nitrogen and oxygen atoms in total. The van der Waals surface area contributed by atoms with Crippen molar-refractivity contribution in [1.29, 1.82) is 0 Å². The smallest absolute Gasteiger partial charge is 0.0369 e. The number of hydrogen-bond acceptors (Lipinski definition) is 1. The number of rotatable bonds is 3. The minimum Gasteiger partial charge on any atom is -0.369 e. The predicted molar refractivity (Wildman–Crippen MR) is 74.0 cm³/mol. The van der Waals surface area contributed by atoms with E-state index in [1.807, 2.05) is 0 Å². The van der Waals surface area contributed by atoms with E-state index in [2.05, 4.69) is 52.0 Å². The van der Waals surface area contributed by atoms with Gasteiger partial charge in [-0.1, -0.05) is 35.2 Å². The van der Waals surface area contributed by atoms with E-state index in [1.165, 1.54) is 37.8 Å². The summed E-state index contributed by atoms with van der Waals surface area (Å²) in [5, 5.41) is 0. The van der Waals surface area contributed by atoms with Crippen LogP contribution in [0.5, 0.6) is 0 Å². The fourth-order valence-corrected chi connectivity index (χ4v) is 2.94. The van der Waals surface area contributed by atoms with Crippen molar-refractivity contribution in [2.45, 2.75) is 45.1 Å². The van der Waals surface area contributed by atoms with Crippen molar-refractivity contribution < 1.29 is 0 Å². The summed E-state index contributed by atoms with van der Waals surface area (Å²) in [6, 6.07) is 9.49. The molecule has 1 saturated carbocycles. The zero-order chi connectivity index (χ0) is 11.4. The summed E-state index contributed by atoms with van der Waals surface area (Å²) in [5.41, 5.74) is 1.37. The van der Waals surface area contributed by atoms with E-state index in [4.69, 9.17) is 0 Å². The normalized spacial score (nSPS) is 17.4. The summed E-state index contributed by atoms with van der Waals surface area (Å²) in [6.45, 7) is 3.38. The summed E-state index contributed by atoms with van der Waals surface area (Å²) < 4.78 is 1.16. The molecule has 0 N–H and O–H groups in total. The number of nitrogens with zero attached hydrogens (tertiary/aromatic N) is 1. The highest BCUT2D eigenvalue weighted by Crippen LogP contribution is 2.27. The molecule has 2 rings (SSSR count). The van der Waals surface area contributed by atoms with Crippen LogP contribution in [0.25, 0.3) is 0 Å². The van der Waals surface area contributed by atoms with Gasteiger partial charge in [0.25, 0.3) is 0 Å². The zero-order valence-electron chi connectivity index (χ0n) is 9.95. The van der Waals surface area contributed by atoms with E-state index in [9.17, 15) is 0 Å². The molecule has 2 heteroatoms. The van der Waals surface area contributed by atoms with Crippen LogP contribution in [0, 0.1) is 0 Å². The molecule has 0 saturated heterocycles. The predicted octanol–water partition coefficient (Wildman–Crippen LogP) is 4.61. The Kier molecular flexibility index (Phi) is 4.28. The van der Waals surface area contributed by atoms with E-state index in [-0.39, 0.29) is 0 Å². The Morgan fingerprint density at radius 3 is 2.31 bits per heavy atom. The molecule has 1 aliphatic rings. The average Bonchev–Trinajstić information content (AvgIpc) is 2.34. The van der Waals surface area contributed by atoms with Gasteiger partial charge in [0, 0.05) is 22.7 Å². The molecule has 1 aromatic rings. The first-order valence-electron chi connectivity index (χ1n) is 6.33. The lowest BCUT2D eigenvalue weighted by Gasteiger charge is -2.35. The third-order valence-electron chi connectivity index (χ3n) is 3.51. The molecule has 1 aliphatic carbocycles. The highest BCUT2D eigenvalue weighted by Gasteiger charge is 2.19. The van der Waals surface area contributed by atoms with Gasteiger partial charge < -0.3 is 4.90 Å². The summed E-state index contributed by atoms with van der Waals surface area (Å²) in [4.78, 5) is 2.56. The molecule has 16 heavy (non-hydrogen) atoms. The van der Waals surface area contributed by atoms with Crippen LogP contribution in [-0.4, -0.2) is 12.6 Å². The molecule has 0 unspecified atom stereocenters. The molecular weight excluding hydrogens is 262 g/mol. The first kappa shape index (κ1) is 12.0. The Morgan fingerprint density at radius 1 is 1.12 bits per heavy atom. The third kappa shape index (κ3) is 2.79. The van der Waals surface area contributed by atoms with Crippen molar-refractivity contribution in [2.24, 2.45) is 0 Å². The van der Waals surface area contributed by atoms with E-state index in [0.717, 1.165) is 17.1 Å². The maximum atomic E-state index is 3.49. The molecule has 0 aromatic heterocycles. The summed E-state index contributed by atoms with van der Waals surface area (Å²) >= 11 is 3.49. The third-order valence-corrected chi connectivity index (χ3v) is 4.04. The highest BCUT2D eigenvalue weighted by atomic mass is 79.9. The molecule has 1 aromatic carbocycles. The van der Waals surface area contributed by atoms with Crippen LogP contribution in [0.15, 0.2) is 28.7 Å². The average molecular weight is 282 g/mol. The minimum absolute atomic E-state index is 0.764. The summed E-state index contributed by atoms with van der Waals surface area (Å²) in [5.74, 6) is 0. The summed E-state index contributed by atoms with van der Waals surface area (Å²) in [7, 11) is 0. The molecule has 0 amide bonds. The molecular formula is C14H20BrN. The van der Waals surface area contributed by atoms with Gasteiger partial charge in [0.1, 0.15) is 0 Å². The number of benzene rings is 1. The van der Waals surface area contributed by atoms with Gasteiger partial charge in [-0.05, 0) is 44.0 Å². The quantitative estimate of drug-likeness (QED) is 0.782. The lowest BCUT2D eigenvalue weighted by molar-refractivity contribution is 0.418. The van der Waals surface area contributed by atoms with Crippen molar-refractivity contribution in [1.82, 2.24) is 0 Å². The van der Waals surface area contributed by atoms with Crippen molar-refractivity contribution in [3.63, 3.8) is 0 Å². The van der Waals surface area contributed by atoms with Crippen LogP contribution in [0.4, 0.5) is 5.69 Å². The van der Waals surface area contributed by atoms with Crippen LogP contribution in [0.2, 0.25) is 0 Å². The van der Waals surface area contributed by atoms with Crippen LogP contribution in [-0.2, 0) is 0 Å². The first-order valence-corrected chi connectivity index (χ1v) is 7.12. The second-order valence-electron chi connectivity index (χ2n) is 4.55. The topological polar surface area (TPSA) is 3.24 Å². The van der Waals surface area contributed by atoms with Gasteiger partial charge in [0.2, 0.25) is 0 Å². The Balaban J connectivity index is 2.11. The van der Waals surface area contributed by atoms with Crippen LogP contribution in [0.3, 0.4) is 0 Å². The first-order chi connectivity index (χ1) is 7.81. The molecule has 0 bridgehead atoms. The van der Waals surface area contributed by atoms with E-state index < -0.39 is 0 Å². The molecule has 0 heterocycles. The molecule has 88 valence electrons. The second kappa shape index (κ2) is 5.72. The zero-order valence-corrected chi connectivity index (χ0v) is 11.5. The van der Waals surface area contributed by atoms with E-state index >= 15 is 0 Å². The second-order valence-corrected chi connectivity index (χ2v) is 5.47. The minimum atomic E-state index is 0.764. The van der Waals surface area contributed by atoms with Gasteiger partial charge in [0.15, 0.2) is 0 Å². The van der Waals surface area contributed by atoms with Crippen molar-refractivity contribution >= 4 is 21.6 Å². The highest BCUT2D eigenvalue weighted by molar-refractivity contribution is 9.10. The van der Waals surface area contributed by atoms with Crippen molar-refractivity contribution in [2.75, 3.05) is 11.4 Å². The monoisotopic (exact) mass is 281 g/mol. The van der Waals surface area contributed by atoms with Gasteiger partial charge in [-0.25, -0.2) is 0 Å². The number of anilines is 1. The fourth-order valence-electron chi connectivity index (χ4n) is 2.68. The maximum Gasteiger partial charge on any atom is 0.0369 e. The van der Waals surface area contributed by atoms with Crippen LogP contribution in [0.1, 0.15) is 39.0 Å². The largest absolute Gasteiger partial charge is 0.369 e. The van der Waals surface area contributed by atoms with Gasteiger partial charge in [-0.2, -0.15) is 0 Å². The molecule has 0 radical (unpaired) electrons. The molecule has 0 atom stereocenters. The Morgan fingerprint density at radius 2 is 1.75 bits per heavy atom. The van der Waals surface area contributed by atoms with Gasteiger partial charge >= 0.3 is 0 Å².